The van der Waals surface area contributed by atoms with Crippen LogP contribution in [0.2, 0.25) is 0 Å². The van der Waals surface area contributed by atoms with Crippen LogP contribution in [0.15, 0.2) is 0 Å². The molecule has 45 heteroatoms. The molecule has 0 bridgehead atoms. The van der Waals surface area contributed by atoms with Crippen molar-refractivity contribution in [3.63, 3.8) is 0 Å². The van der Waals surface area contributed by atoms with E-state index < -0.39 is 323 Å². The molecule has 8 fully saturated rings. The molecule has 1 unspecified atom stereocenters. The lowest BCUT2D eigenvalue weighted by molar-refractivity contribution is -0.408. The molecule has 0 radical (unpaired) electrons. The summed E-state index contributed by atoms with van der Waals surface area (Å²) >= 11 is 0. The lowest BCUT2D eigenvalue weighted by atomic mass is 9.93. The van der Waals surface area contributed by atoms with Gasteiger partial charge in [0.25, 0.3) is 0 Å². The second-order valence-corrected chi connectivity index (χ2v) is 24.7. The molecule has 45 nitrogen and oxygen atoms in total. The number of aliphatic hydroxyl groups excluding tert-OH is 28. The van der Waals surface area contributed by atoms with Crippen LogP contribution in [0.5, 0.6) is 0 Å². The molecule has 0 aromatic rings. The fraction of sp³-hybridized carbons (Fsp3) is 0.981. The van der Waals surface area contributed by atoms with E-state index in [9.17, 15) is 148 Å². The zero-order chi connectivity index (χ0) is 72.4. The van der Waals surface area contributed by atoms with E-state index in [-0.39, 0.29) is 0 Å². The number of carbonyl (C=O) groups excluding carboxylic acids is 1. The fourth-order valence-electron chi connectivity index (χ4n) is 12.3. The first kappa shape index (κ1) is 81.4. The lowest BCUT2D eigenvalue weighted by Crippen LogP contribution is -2.70. The van der Waals surface area contributed by atoms with Gasteiger partial charge in [-0.2, -0.15) is 0 Å². The van der Waals surface area contributed by atoms with Crippen LogP contribution < -0.4 is 5.32 Å². The van der Waals surface area contributed by atoms with E-state index in [0.29, 0.717) is 0 Å². The summed E-state index contributed by atoms with van der Waals surface area (Å²) in [5.74, 6) is -0.861. The van der Waals surface area contributed by atoms with Gasteiger partial charge in [-0.05, 0) is 0 Å². The SMILES string of the molecule is CC(=O)N[C@H]1[C@@H](O[C@H]2[C@@H](O[C@H]3[C@@H](O[C@@H]4[C@@H](O)[C@@H](O[C@@H]5[C@H](O)[C@@H](O[C@H]6[C@H](O)[C@@H]([C@@H](O)CO)OC(O)[C@H]6O)O[C@H]([C@@H](O)CO[C@H]6O[C@H]([C@@H](O)CO)[C@@H](O)[C@H](O)[C@@H]6O)[C@H]5O)O[C@H](CO[C@H]5O[C@H](CO)[C@H](O)[C@H](O)[C@H]5O)[C@H]4O)O[C@H](CO)[C@H](O)[C@@H]3O)O[C@H](CO)[C@@H](O)[C@@H]2O)O[C@H](CO)[C@@H](O)[C@@H]1O. The first-order chi connectivity index (χ1) is 46.3. The fourth-order valence-corrected chi connectivity index (χ4v) is 12.3. The van der Waals surface area contributed by atoms with Crippen molar-refractivity contribution < 1.29 is 219 Å². The third-order valence-corrected chi connectivity index (χ3v) is 18.0. The van der Waals surface area contributed by atoms with Crippen LogP contribution in [0.3, 0.4) is 0 Å². The zero-order valence-electron chi connectivity index (χ0n) is 51.5. The molecule has 0 saturated carbocycles. The number of carbonyl (C=O) groups is 1. The van der Waals surface area contributed by atoms with Crippen LogP contribution in [-0.4, -0.2) is 466 Å². The molecule has 0 aromatic carbocycles. The van der Waals surface area contributed by atoms with Crippen molar-refractivity contribution in [1.29, 1.82) is 0 Å². The van der Waals surface area contributed by atoms with E-state index in [1.54, 1.807) is 0 Å². The Kier molecular flexibility index (Phi) is 29.3. The summed E-state index contributed by atoms with van der Waals surface area (Å²) in [4.78, 5) is 12.3. The van der Waals surface area contributed by atoms with Crippen molar-refractivity contribution in [1.82, 2.24) is 5.32 Å². The monoisotopic (exact) mass is 1450 g/mol. The van der Waals surface area contributed by atoms with Gasteiger partial charge >= 0.3 is 0 Å². The van der Waals surface area contributed by atoms with Gasteiger partial charge in [0.2, 0.25) is 5.91 Å². The van der Waals surface area contributed by atoms with Crippen molar-refractivity contribution in [2.45, 2.75) is 271 Å². The largest absolute Gasteiger partial charge is 0.394 e. The van der Waals surface area contributed by atoms with Crippen molar-refractivity contribution in [2.75, 3.05) is 52.9 Å². The molecule has 8 saturated heterocycles. The predicted molar refractivity (Wildman–Crippen MR) is 294 cm³/mol. The summed E-state index contributed by atoms with van der Waals surface area (Å²) in [6.45, 7) is -7.87. The third-order valence-electron chi connectivity index (χ3n) is 18.0. The van der Waals surface area contributed by atoms with Gasteiger partial charge in [-0.1, -0.05) is 0 Å². The Hall–Kier alpha value is -2.25. The van der Waals surface area contributed by atoms with Crippen LogP contribution >= 0.6 is 0 Å². The first-order valence-electron chi connectivity index (χ1n) is 30.9. The van der Waals surface area contributed by atoms with E-state index >= 15 is 0 Å². The average Bonchev–Trinajstić information content (AvgIpc) is 0.770. The van der Waals surface area contributed by atoms with E-state index in [4.69, 9.17) is 71.1 Å². The highest BCUT2D eigenvalue weighted by atomic mass is 16.8. The van der Waals surface area contributed by atoms with E-state index in [0.717, 1.165) is 6.92 Å². The number of rotatable bonds is 26. The molecular weight excluding hydrogens is 1350 g/mol. The summed E-state index contributed by atoms with van der Waals surface area (Å²) in [6, 6.07) is -1.76. The summed E-state index contributed by atoms with van der Waals surface area (Å²) < 4.78 is 85.7. The minimum atomic E-state index is -2.65. The van der Waals surface area contributed by atoms with Gasteiger partial charge in [0, 0.05) is 6.92 Å². The van der Waals surface area contributed by atoms with Gasteiger partial charge in [-0.15, -0.1) is 0 Å². The number of hydrogen-bond donors (Lipinski definition) is 29. The number of nitrogens with one attached hydrogen (secondary N) is 1. The Morgan fingerprint density at radius 1 is 0.327 bits per heavy atom. The lowest BCUT2D eigenvalue weighted by Gasteiger charge is -2.51. The maximum atomic E-state index is 12.4. The van der Waals surface area contributed by atoms with Gasteiger partial charge in [0.05, 0.1) is 52.9 Å². The molecule has 8 aliphatic rings. The molecule has 8 aliphatic heterocycles. The van der Waals surface area contributed by atoms with Crippen molar-refractivity contribution in [2.24, 2.45) is 0 Å². The smallest absolute Gasteiger partial charge is 0.217 e. The van der Waals surface area contributed by atoms with E-state index in [1.807, 2.05) is 0 Å². The zero-order valence-corrected chi connectivity index (χ0v) is 51.5. The van der Waals surface area contributed by atoms with Crippen LogP contribution in [0.25, 0.3) is 0 Å². The first-order valence-corrected chi connectivity index (χ1v) is 30.9. The van der Waals surface area contributed by atoms with Crippen molar-refractivity contribution >= 4 is 5.91 Å². The van der Waals surface area contributed by atoms with Gasteiger partial charge in [-0.3, -0.25) is 4.79 Å². The maximum Gasteiger partial charge on any atom is 0.217 e. The second kappa shape index (κ2) is 35.2. The molecule has 29 N–H and O–H groups in total. The highest BCUT2D eigenvalue weighted by Gasteiger charge is 2.60. The van der Waals surface area contributed by atoms with Crippen molar-refractivity contribution in [3.05, 3.63) is 0 Å². The predicted octanol–water partition coefficient (Wildman–Crippen LogP) is -20.2. The molecule has 98 heavy (non-hydrogen) atoms. The Bertz CT molecular complexity index is 2420. The molecular formula is C53H91NO44. The van der Waals surface area contributed by atoms with E-state index in [2.05, 4.69) is 5.32 Å². The number of hydrogen-bond acceptors (Lipinski definition) is 44. The van der Waals surface area contributed by atoms with Gasteiger partial charge in [-0.25, -0.2) is 0 Å². The van der Waals surface area contributed by atoms with E-state index in [1.165, 1.54) is 0 Å². The molecule has 8 rings (SSSR count). The van der Waals surface area contributed by atoms with Crippen LogP contribution in [0, 0.1) is 0 Å². The minimum absolute atomic E-state index is 0.861. The second-order valence-electron chi connectivity index (χ2n) is 24.7. The third kappa shape index (κ3) is 17.3. The highest BCUT2D eigenvalue weighted by Crippen LogP contribution is 2.39. The highest BCUT2D eigenvalue weighted by molar-refractivity contribution is 5.73. The van der Waals surface area contributed by atoms with Gasteiger partial charge < -0.3 is 219 Å². The molecule has 43 atom stereocenters. The summed E-state index contributed by atoms with van der Waals surface area (Å²) in [7, 11) is 0. The molecule has 0 spiro atoms. The Labute approximate surface area is 552 Å². The molecule has 0 aliphatic carbocycles. The van der Waals surface area contributed by atoms with Crippen LogP contribution in [0.1, 0.15) is 6.92 Å². The standard InChI is InChI=1S/C53H91NO44/c1-10(61)54-19-25(70)20(65)14(4-57)86-47(19)97-44-28(73)22(67)17(7-60)89-53(44)98-45-29(74)23(68)16(6-59)88-52(45)96-41-24(69)18(9-85-48-31(76)26(71)21(66)15(5-58)87-48)90-50(36(41)81)95-43-34(79)40(13(64)8-84-49-32(77)27(72)30(75)38(92-49)11(62)2-55)93-51(37(43)82)94-42-33(78)39(12(63)3-56)91-46(83)35(42)80/h11-53,55-60,62-83H,2-9H2,1H3,(H,54,61)/t11-,12-,13-,14+,15+,16+,17+,18+,19+,20+,21-,22+,23-,24+,25+,26-,27-,28-,29-,30-,31+,32-,33+,34+,35-,36+,37-,38+,39+,40+,41-,42-,43-,44+,45+,46?,47+,48-,49-,50+,51+,52+,53+/m0/s1. The number of ether oxygens (including phenoxy) is 15. The number of amides is 1. The van der Waals surface area contributed by atoms with Crippen molar-refractivity contribution in [3.8, 4) is 0 Å². The topological polar surface area (TPSA) is 734 Å². The minimum Gasteiger partial charge on any atom is -0.394 e. The summed E-state index contributed by atoms with van der Waals surface area (Å²) in [6.07, 6.45) is -92.2. The quantitative estimate of drug-likeness (QED) is 0.0382. The summed E-state index contributed by atoms with van der Waals surface area (Å²) in [5.41, 5.74) is 0. The number of aliphatic hydroxyl groups is 28. The molecule has 0 aromatic heterocycles. The molecule has 8 heterocycles. The maximum absolute atomic E-state index is 12.4. The molecule has 1 amide bonds. The normalized spacial score (nSPS) is 50.7. The Balaban J connectivity index is 1.15. The average molecular weight is 1450 g/mol. The molecule has 572 valence electrons. The van der Waals surface area contributed by atoms with Gasteiger partial charge in [0.15, 0.2) is 50.3 Å². The van der Waals surface area contributed by atoms with Crippen LogP contribution in [-0.2, 0) is 75.8 Å². The Morgan fingerprint density at radius 3 is 1.17 bits per heavy atom. The van der Waals surface area contributed by atoms with Crippen LogP contribution in [0.4, 0.5) is 0 Å². The van der Waals surface area contributed by atoms with Gasteiger partial charge in [0.1, 0.15) is 214 Å². The summed E-state index contributed by atoms with van der Waals surface area (Å²) in [5, 5.41) is 308. The Morgan fingerprint density at radius 2 is 0.684 bits per heavy atom.